The normalized spacial score (nSPS) is 21.4. The Morgan fingerprint density at radius 3 is 1.78 bits per heavy atom. The maximum Gasteiger partial charge on any atom is 0.364 e. The van der Waals surface area contributed by atoms with Crippen LogP contribution in [0.4, 0.5) is 4.39 Å². The SMILES string of the molecule is O=P(OC1CCCCC1)(OC1CCCCC1)c1ccccc1F. The van der Waals surface area contributed by atoms with E-state index in [-0.39, 0.29) is 17.5 Å². The van der Waals surface area contributed by atoms with Crippen molar-refractivity contribution in [3.63, 3.8) is 0 Å². The Labute approximate surface area is 138 Å². The molecule has 2 aliphatic carbocycles. The van der Waals surface area contributed by atoms with E-state index in [0.29, 0.717) is 0 Å². The highest BCUT2D eigenvalue weighted by Crippen LogP contribution is 2.52. The van der Waals surface area contributed by atoms with Crippen molar-refractivity contribution in [2.45, 2.75) is 76.4 Å². The molecule has 0 aromatic heterocycles. The first kappa shape index (κ1) is 17.1. The Bertz CT molecular complexity index is 527. The Morgan fingerprint density at radius 2 is 1.30 bits per heavy atom. The van der Waals surface area contributed by atoms with Crippen LogP contribution in [0.2, 0.25) is 0 Å². The lowest BCUT2D eigenvalue weighted by Gasteiger charge is -2.31. The van der Waals surface area contributed by atoms with Gasteiger partial charge in [0.2, 0.25) is 0 Å². The van der Waals surface area contributed by atoms with Crippen molar-refractivity contribution in [1.29, 1.82) is 0 Å². The Kier molecular flexibility index (Phi) is 5.90. The van der Waals surface area contributed by atoms with Gasteiger partial charge in [-0.25, -0.2) is 4.39 Å². The van der Waals surface area contributed by atoms with E-state index in [1.807, 2.05) is 0 Å². The van der Waals surface area contributed by atoms with Crippen LogP contribution in [0, 0.1) is 5.82 Å². The van der Waals surface area contributed by atoms with Crippen molar-refractivity contribution in [1.82, 2.24) is 0 Å². The molecular weight excluding hydrogens is 314 g/mol. The lowest BCUT2D eigenvalue weighted by atomic mass is 9.98. The fraction of sp³-hybridized carbons (Fsp3) is 0.667. The van der Waals surface area contributed by atoms with Crippen molar-refractivity contribution in [2.24, 2.45) is 0 Å². The highest BCUT2D eigenvalue weighted by atomic mass is 31.2. The molecule has 0 aliphatic heterocycles. The van der Waals surface area contributed by atoms with E-state index in [1.54, 1.807) is 18.2 Å². The van der Waals surface area contributed by atoms with Crippen molar-refractivity contribution >= 4 is 12.9 Å². The van der Waals surface area contributed by atoms with Crippen LogP contribution in [0.3, 0.4) is 0 Å². The molecular formula is C18H26FO3P. The third-order valence-electron chi connectivity index (χ3n) is 4.83. The van der Waals surface area contributed by atoms with E-state index >= 15 is 0 Å². The molecule has 128 valence electrons. The lowest BCUT2D eigenvalue weighted by molar-refractivity contribution is 0.0843. The van der Waals surface area contributed by atoms with Crippen LogP contribution >= 0.6 is 7.60 Å². The van der Waals surface area contributed by atoms with Gasteiger partial charge in [0, 0.05) is 0 Å². The topological polar surface area (TPSA) is 35.5 Å². The largest absolute Gasteiger partial charge is 0.364 e. The lowest BCUT2D eigenvalue weighted by Crippen LogP contribution is -2.25. The summed E-state index contributed by atoms with van der Waals surface area (Å²) < 4.78 is 39.6. The molecule has 0 N–H and O–H groups in total. The minimum Gasteiger partial charge on any atom is -0.302 e. The summed E-state index contributed by atoms with van der Waals surface area (Å²) in [5.41, 5.74) is 0. The van der Waals surface area contributed by atoms with Gasteiger partial charge in [-0.15, -0.1) is 0 Å². The first-order chi connectivity index (χ1) is 11.2. The number of hydrogen-bond acceptors (Lipinski definition) is 3. The van der Waals surface area contributed by atoms with Gasteiger partial charge in [0.05, 0.1) is 17.5 Å². The van der Waals surface area contributed by atoms with Gasteiger partial charge < -0.3 is 9.05 Å². The molecule has 0 saturated heterocycles. The van der Waals surface area contributed by atoms with Crippen LogP contribution in [0.1, 0.15) is 64.2 Å². The number of benzene rings is 1. The zero-order valence-electron chi connectivity index (χ0n) is 13.6. The number of hydrogen-bond donors (Lipinski definition) is 0. The van der Waals surface area contributed by atoms with Crippen LogP contribution in [-0.2, 0) is 13.6 Å². The van der Waals surface area contributed by atoms with Crippen molar-refractivity contribution in [3.05, 3.63) is 30.1 Å². The first-order valence-corrected chi connectivity index (χ1v) is 10.4. The molecule has 0 amide bonds. The summed E-state index contributed by atoms with van der Waals surface area (Å²) in [4.78, 5) is 0. The summed E-state index contributed by atoms with van der Waals surface area (Å²) in [6.45, 7) is 0. The van der Waals surface area contributed by atoms with Crippen molar-refractivity contribution in [2.75, 3.05) is 0 Å². The highest BCUT2D eigenvalue weighted by Gasteiger charge is 2.37. The molecule has 2 aliphatic rings. The second-order valence-corrected chi connectivity index (χ2v) is 8.58. The average Bonchev–Trinajstić information content (AvgIpc) is 2.57. The predicted molar refractivity (Wildman–Crippen MR) is 89.6 cm³/mol. The summed E-state index contributed by atoms with van der Waals surface area (Å²) in [5.74, 6) is -0.498. The Morgan fingerprint density at radius 1 is 0.826 bits per heavy atom. The number of rotatable bonds is 5. The average molecular weight is 340 g/mol. The minimum absolute atomic E-state index is 0.0854. The van der Waals surface area contributed by atoms with Crippen LogP contribution in [0.15, 0.2) is 24.3 Å². The molecule has 1 aromatic carbocycles. The molecule has 1 aromatic rings. The van der Waals surface area contributed by atoms with Gasteiger partial charge in [0.25, 0.3) is 0 Å². The molecule has 0 heterocycles. The van der Waals surface area contributed by atoms with E-state index < -0.39 is 13.4 Å². The van der Waals surface area contributed by atoms with E-state index in [0.717, 1.165) is 51.4 Å². The third-order valence-corrected chi connectivity index (χ3v) is 6.93. The van der Waals surface area contributed by atoms with Gasteiger partial charge in [-0.2, -0.15) is 0 Å². The Balaban J connectivity index is 1.82. The third kappa shape index (κ3) is 4.43. The van der Waals surface area contributed by atoms with Gasteiger partial charge in [-0.05, 0) is 37.8 Å². The van der Waals surface area contributed by atoms with Gasteiger partial charge in [-0.1, -0.05) is 50.7 Å². The first-order valence-electron chi connectivity index (χ1n) is 8.89. The molecule has 5 heteroatoms. The van der Waals surface area contributed by atoms with Gasteiger partial charge in [0.1, 0.15) is 5.82 Å². The zero-order valence-corrected chi connectivity index (χ0v) is 14.5. The van der Waals surface area contributed by atoms with Crippen LogP contribution in [0.25, 0.3) is 0 Å². The minimum atomic E-state index is -3.62. The maximum atomic E-state index is 14.3. The predicted octanol–water partition coefficient (Wildman–Crippen LogP) is 5.34. The second-order valence-electron chi connectivity index (χ2n) is 6.68. The van der Waals surface area contributed by atoms with Gasteiger partial charge >= 0.3 is 7.60 Å². The van der Waals surface area contributed by atoms with E-state index in [1.165, 1.54) is 18.9 Å². The monoisotopic (exact) mass is 340 g/mol. The fourth-order valence-corrected chi connectivity index (χ4v) is 5.63. The molecule has 2 fully saturated rings. The fourth-order valence-electron chi connectivity index (χ4n) is 3.55. The van der Waals surface area contributed by atoms with Crippen molar-refractivity contribution < 1.29 is 18.0 Å². The number of halogens is 1. The van der Waals surface area contributed by atoms with E-state index in [2.05, 4.69) is 0 Å². The second kappa shape index (κ2) is 7.92. The van der Waals surface area contributed by atoms with Crippen molar-refractivity contribution in [3.8, 4) is 0 Å². The molecule has 3 rings (SSSR count). The maximum absolute atomic E-state index is 14.3. The van der Waals surface area contributed by atoms with E-state index in [9.17, 15) is 8.96 Å². The molecule has 0 atom stereocenters. The highest BCUT2D eigenvalue weighted by molar-refractivity contribution is 7.62. The van der Waals surface area contributed by atoms with E-state index in [4.69, 9.17) is 9.05 Å². The molecule has 3 nitrogen and oxygen atoms in total. The summed E-state index contributed by atoms with van der Waals surface area (Å²) in [7, 11) is -3.62. The summed E-state index contributed by atoms with van der Waals surface area (Å²) in [6, 6.07) is 6.17. The molecule has 0 spiro atoms. The quantitative estimate of drug-likeness (QED) is 0.679. The standard InChI is InChI=1S/C18H26FO3P/c19-17-13-7-8-14-18(17)23(20,21-15-9-3-1-4-10-15)22-16-11-5-2-6-12-16/h7-8,13-16H,1-6,9-12H2. The molecule has 23 heavy (non-hydrogen) atoms. The van der Waals surface area contributed by atoms with Crippen LogP contribution in [0.5, 0.6) is 0 Å². The van der Waals surface area contributed by atoms with Gasteiger partial charge in [0.15, 0.2) is 0 Å². The molecule has 0 radical (unpaired) electrons. The molecule has 2 saturated carbocycles. The Hall–Kier alpha value is -0.700. The van der Waals surface area contributed by atoms with Crippen LogP contribution < -0.4 is 5.30 Å². The zero-order chi connectivity index (χ0) is 16.1. The smallest absolute Gasteiger partial charge is 0.302 e. The van der Waals surface area contributed by atoms with Gasteiger partial charge in [-0.3, -0.25) is 4.57 Å². The summed E-state index contributed by atoms with van der Waals surface area (Å²) in [6.07, 6.45) is 10.0. The molecule has 0 bridgehead atoms. The summed E-state index contributed by atoms with van der Waals surface area (Å²) in [5, 5.41) is 0.0937. The summed E-state index contributed by atoms with van der Waals surface area (Å²) >= 11 is 0. The van der Waals surface area contributed by atoms with Crippen LogP contribution in [-0.4, -0.2) is 12.2 Å². The molecule has 0 unspecified atom stereocenters.